The van der Waals surface area contributed by atoms with E-state index in [4.69, 9.17) is 30.5 Å². The number of rotatable bonds is 4. The summed E-state index contributed by atoms with van der Waals surface area (Å²) >= 11 is 1.57. The Bertz CT molecular complexity index is 1860. The first-order chi connectivity index (χ1) is 21.9. The van der Waals surface area contributed by atoms with Gasteiger partial charge in [-0.05, 0) is 90.3 Å². The molecule has 5 aliphatic rings. The maximum atomic E-state index is 10.1. The van der Waals surface area contributed by atoms with Crippen LogP contribution in [-0.4, -0.2) is 74.6 Å². The fourth-order valence-corrected chi connectivity index (χ4v) is 10.3. The molecule has 2 saturated heterocycles. The van der Waals surface area contributed by atoms with Gasteiger partial charge < -0.3 is 25.4 Å². The normalized spacial score (nSPS) is 26.3. The van der Waals surface area contributed by atoms with E-state index in [9.17, 15) is 5.26 Å². The Hall–Kier alpha value is -3.53. The molecule has 234 valence electrons. The minimum Gasteiger partial charge on any atom is -0.389 e. The van der Waals surface area contributed by atoms with Gasteiger partial charge in [0.25, 0.3) is 0 Å². The number of likely N-dealkylation sites (tertiary alicyclic amines) is 1. The zero-order valence-electron chi connectivity index (χ0n) is 26.1. The molecule has 3 fully saturated rings. The van der Waals surface area contributed by atoms with E-state index in [2.05, 4.69) is 39.8 Å². The third-order valence-corrected chi connectivity index (χ3v) is 12.6. The number of aryl methyl sites for hydroxylation is 1. The molecule has 0 bridgehead atoms. The molecule has 0 unspecified atom stereocenters. The molecular formula is C33H40N10OS. The zero-order valence-corrected chi connectivity index (χ0v) is 26.9. The maximum absolute atomic E-state index is 10.1. The summed E-state index contributed by atoms with van der Waals surface area (Å²) in [6.07, 6.45) is 12.4. The fourth-order valence-electron chi connectivity index (χ4n) is 9.10. The van der Waals surface area contributed by atoms with Crippen molar-refractivity contribution in [2.45, 2.75) is 94.2 Å². The van der Waals surface area contributed by atoms with Crippen LogP contribution in [0, 0.1) is 11.3 Å². The van der Waals surface area contributed by atoms with Gasteiger partial charge in [0, 0.05) is 41.7 Å². The number of nitriles is 1. The smallest absolute Gasteiger partial charge is 0.186 e. The van der Waals surface area contributed by atoms with Crippen LogP contribution in [-0.2, 0) is 18.3 Å². The van der Waals surface area contributed by atoms with Crippen molar-refractivity contribution in [3.63, 3.8) is 0 Å². The van der Waals surface area contributed by atoms with Gasteiger partial charge >= 0.3 is 0 Å². The van der Waals surface area contributed by atoms with Gasteiger partial charge in [-0.2, -0.15) is 10.4 Å². The highest BCUT2D eigenvalue weighted by molar-refractivity contribution is 7.16. The number of nitrogens with one attached hydrogen (secondary N) is 1. The molecule has 2 aliphatic heterocycles. The molecule has 0 aromatic carbocycles. The van der Waals surface area contributed by atoms with Crippen molar-refractivity contribution in [2.75, 3.05) is 43.9 Å². The maximum Gasteiger partial charge on any atom is 0.186 e. The summed E-state index contributed by atoms with van der Waals surface area (Å²) in [6.45, 7) is 6.14. The molecule has 1 saturated carbocycles. The van der Waals surface area contributed by atoms with Crippen LogP contribution in [0.15, 0.2) is 10.7 Å². The summed E-state index contributed by atoms with van der Waals surface area (Å²) in [5.74, 6) is 2.44. The Kier molecular flexibility index (Phi) is 6.16. The third kappa shape index (κ3) is 4.06. The van der Waals surface area contributed by atoms with Crippen molar-refractivity contribution in [1.29, 1.82) is 5.26 Å². The van der Waals surface area contributed by atoms with E-state index in [1.54, 1.807) is 11.3 Å². The molecule has 2 spiro atoms. The van der Waals surface area contributed by atoms with Gasteiger partial charge in [0.15, 0.2) is 22.9 Å². The summed E-state index contributed by atoms with van der Waals surface area (Å²) in [6, 6.07) is 3.02. The van der Waals surface area contributed by atoms with E-state index in [0.717, 1.165) is 111 Å². The Morgan fingerprint density at radius 3 is 2.78 bits per heavy atom. The lowest BCUT2D eigenvalue weighted by atomic mass is 9.63. The van der Waals surface area contributed by atoms with Crippen LogP contribution >= 0.6 is 11.3 Å². The van der Waals surface area contributed by atoms with E-state index in [0.29, 0.717) is 22.4 Å². The van der Waals surface area contributed by atoms with E-state index < -0.39 is 0 Å². The number of nitrogen functional groups attached to an aromatic ring is 1. The molecule has 3 aliphatic carbocycles. The monoisotopic (exact) mass is 624 g/mol. The van der Waals surface area contributed by atoms with E-state index >= 15 is 0 Å². The molecule has 11 nitrogen and oxygen atoms in total. The van der Waals surface area contributed by atoms with E-state index in [-0.39, 0.29) is 17.0 Å². The van der Waals surface area contributed by atoms with Crippen molar-refractivity contribution >= 4 is 33.2 Å². The van der Waals surface area contributed by atoms with Crippen LogP contribution in [0.1, 0.15) is 91.7 Å². The number of nitrogens with two attached hydrogens (primary N) is 1. The quantitative estimate of drug-likeness (QED) is 0.333. The highest BCUT2D eigenvalue weighted by Gasteiger charge is 2.49. The number of hydrogen-bond donors (Lipinski definition) is 2. The predicted octanol–water partition coefficient (Wildman–Crippen LogP) is 4.55. The number of piperazine rings is 1. The number of aromatic nitrogens is 5. The van der Waals surface area contributed by atoms with Crippen LogP contribution in [0.25, 0.3) is 22.6 Å². The number of nitrogens with zero attached hydrogens (tertiary/aromatic N) is 8. The highest BCUT2D eigenvalue weighted by atomic mass is 32.1. The zero-order chi connectivity index (χ0) is 30.5. The third-order valence-electron chi connectivity index (χ3n) is 11.6. The van der Waals surface area contributed by atoms with Gasteiger partial charge in [0.2, 0.25) is 0 Å². The number of fused-ring (bicyclic) bond motifs is 5. The van der Waals surface area contributed by atoms with Crippen LogP contribution < -0.4 is 16.0 Å². The summed E-state index contributed by atoms with van der Waals surface area (Å²) in [7, 11) is 2.22. The average molecular weight is 625 g/mol. The number of thiophene rings is 1. The van der Waals surface area contributed by atoms with E-state index in [1.165, 1.54) is 24.1 Å². The van der Waals surface area contributed by atoms with Crippen LogP contribution in [0.4, 0.5) is 10.8 Å². The minimum atomic E-state index is -0.376. The second kappa shape index (κ2) is 9.98. The van der Waals surface area contributed by atoms with E-state index in [1.807, 2.05) is 6.20 Å². The largest absolute Gasteiger partial charge is 0.389 e. The predicted molar refractivity (Wildman–Crippen MR) is 173 cm³/mol. The van der Waals surface area contributed by atoms with Crippen LogP contribution in [0.2, 0.25) is 0 Å². The molecule has 3 atom stereocenters. The lowest BCUT2D eigenvalue weighted by Crippen LogP contribution is -2.52. The molecule has 9 rings (SSSR count). The molecule has 4 aromatic rings. The van der Waals surface area contributed by atoms with Gasteiger partial charge in [-0.15, -0.1) is 11.3 Å². The number of likely N-dealkylation sites (N-methyl/N-ethyl adjacent to an activating group) is 1. The molecule has 6 heterocycles. The first kappa shape index (κ1) is 27.8. The average Bonchev–Trinajstić information content (AvgIpc) is 3.49. The Morgan fingerprint density at radius 1 is 1.16 bits per heavy atom. The van der Waals surface area contributed by atoms with Crippen molar-refractivity contribution < 1.29 is 4.52 Å². The second-order valence-electron chi connectivity index (χ2n) is 14.1. The van der Waals surface area contributed by atoms with Gasteiger partial charge in [-0.1, -0.05) is 5.16 Å². The Balaban J connectivity index is 1.20. The Morgan fingerprint density at radius 2 is 2.00 bits per heavy atom. The van der Waals surface area contributed by atoms with Gasteiger partial charge in [0.05, 0.1) is 28.6 Å². The highest BCUT2D eigenvalue weighted by Crippen LogP contribution is 2.55. The lowest BCUT2D eigenvalue weighted by molar-refractivity contribution is 0.232. The minimum absolute atomic E-state index is 0.173. The first-order valence-corrected chi connectivity index (χ1v) is 17.5. The van der Waals surface area contributed by atoms with Crippen molar-refractivity contribution in [1.82, 2.24) is 35.1 Å². The molecule has 45 heavy (non-hydrogen) atoms. The molecule has 12 heteroatoms. The molecular weight excluding hydrogens is 584 g/mol. The molecule has 3 N–H and O–H groups in total. The topological polar surface area (TPSA) is 138 Å². The van der Waals surface area contributed by atoms with Crippen molar-refractivity contribution in [3.05, 3.63) is 33.5 Å². The molecule has 0 radical (unpaired) electrons. The molecule has 4 aromatic heterocycles. The standard InChI is InChI=1S/C33H40N10OS/c1-19(23-7-5-14-41(23)2)43-31-22(17-37-43)30(42-15-13-36-32(18-42)11-12-32)38-29(39-31)26-20-6-3-9-33(27(20)44-40-26)10-4-8-24-25(33)21(16-34)28(35)45-24/h17,19,23,36H,3-15,18,35H2,1-2H3/t19-,23-,33-/m0/s1. The van der Waals surface area contributed by atoms with Gasteiger partial charge in [-0.3, -0.25) is 0 Å². The summed E-state index contributed by atoms with van der Waals surface area (Å²) in [5, 5.41) is 25.2. The number of anilines is 2. The van der Waals surface area contributed by atoms with Gasteiger partial charge in [0.1, 0.15) is 16.9 Å². The number of hydrogen-bond acceptors (Lipinski definition) is 11. The van der Waals surface area contributed by atoms with Crippen LogP contribution in [0.5, 0.6) is 0 Å². The SMILES string of the molecule is C[C@@H]([C@@H]1CCCN1C)n1ncc2c(N3CCNC4(CC4)C3)nc(-c3noc4c3CCC[C@@]43CCCc4sc(N)c(C#N)c43)nc21. The summed E-state index contributed by atoms with van der Waals surface area (Å²) in [4.78, 5) is 16.7. The van der Waals surface area contributed by atoms with Crippen molar-refractivity contribution in [3.8, 4) is 17.6 Å². The van der Waals surface area contributed by atoms with Crippen LogP contribution in [0.3, 0.4) is 0 Å². The fraction of sp³-hybridized carbons (Fsp3) is 0.606. The second-order valence-corrected chi connectivity index (χ2v) is 15.3. The van der Waals surface area contributed by atoms with Crippen molar-refractivity contribution in [2.24, 2.45) is 0 Å². The molecule has 0 amide bonds. The lowest BCUT2D eigenvalue weighted by Gasteiger charge is -2.39. The first-order valence-electron chi connectivity index (χ1n) is 16.7. The van der Waals surface area contributed by atoms with Gasteiger partial charge in [-0.25, -0.2) is 14.6 Å². The summed E-state index contributed by atoms with van der Waals surface area (Å²) < 4.78 is 8.49. The Labute approximate surface area is 266 Å². The summed E-state index contributed by atoms with van der Waals surface area (Å²) in [5.41, 5.74) is 10.6.